The number of esters is 1. The van der Waals surface area contributed by atoms with Crippen LogP contribution in [-0.4, -0.2) is 60.5 Å². The van der Waals surface area contributed by atoms with Gasteiger partial charge in [0.05, 0.1) is 19.8 Å². The highest BCUT2D eigenvalue weighted by Gasteiger charge is 2.48. The largest absolute Gasteiger partial charge is 0.479 e. The molecule has 1 aromatic rings. The van der Waals surface area contributed by atoms with Crippen molar-refractivity contribution in [2.45, 2.75) is 50.2 Å². The van der Waals surface area contributed by atoms with Gasteiger partial charge in [0.15, 0.2) is 0 Å². The Kier molecular flexibility index (Phi) is 10.4. The van der Waals surface area contributed by atoms with E-state index < -0.39 is 35.8 Å². The third kappa shape index (κ3) is 7.12. The van der Waals surface area contributed by atoms with Crippen LogP contribution in [-0.2, 0) is 35.1 Å². The Bertz CT molecular complexity index is 747. The quantitative estimate of drug-likeness (QED) is 0.182. The van der Waals surface area contributed by atoms with E-state index in [0.717, 1.165) is 17.3 Å². The molecule has 1 aliphatic rings. The van der Waals surface area contributed by atoms with E-state index in [4.69, 9.17) is 41.4 Å². The zero-order valence-corrected chi connectivity index (χ0v) is 18.6. The molecule has 0 saturated carbocycles. The van der Waals surface area contributed by atoms with Crippen LogP contribution >= 0.6 is 24.0 Å². The van der Waals surface area contributed by atoms with E-state index >= 15 is 0 Å². The lowest BCUT2D eigenvalue weighted by atomic mass is 9.98. The molecule has 1 fully saturated rings. The first-order chi connectivity index (χ1) is 14.5. The summed E-state index contributed by atoms with van der Waals surface area (Å²) in [5, 5.41) is 3.79. The van der Waals surface area contributed by atoms with Gasteiger partial charge < -0.3 is 23.7 Å². The van der Waals surface area contributed by atoms with Crippen molar-refractivity contribution in [3.63, 3.8) is 0 Å². The average molecular weight is 456 g/mol. The molecule has 11 heteroatoms. The van der Waals surface area contributed by atoms with Crippen molar-refractivity contribution in [1.29, 1.82) is 0 Å². The summed E-state index contributed by atoms with van der Waals surface area (Å²) < 4.78 is 28.5. The summed E-state index contributed by atoms with van der Waals surface area (Å²) in [6.45, 7) is 4.03. The van der Waals surface area contributed by atoms with Crippen LogP contribution < -0.4 is 0 Å². The van der Waals surface area contributed by atoms with Gasteiger partial charge in [-0.1, -0.05) is 35.4 Å². The molecule has 0 bridgehead atoms. The minimum atomic E-state index is -0.871. The molecule has 0 N–H and O–H groups in total. The molecule has 2 rings (SSSR count). The van der Waals surface area contributed by atoms with E-state index in [1.54, 1.807) is 0 Å². The van der Waals surface area contributed by atoms with E-state index in [1.165, 1.54) is 14.0 Å². The van der Waals surface area contributed by atoms with Crippen LogP contribution in [0.3, 0.4) is 0 Å². The number of hydrogen-bond acceptors (Lipinski definition) is 9. The molecule has 1 heterocycles. The van der Waals surface area contributed by atoms with Crippen LogP contribution in [0.15, 0.2) is 35.4 Å². The first-order valence-electron chi connectivity index (χ1n) is 9.34. The van der Waals surface area contributed by atoms with Crippen LogP contribution in [0.1, 0.15) is 19.4 Å². The summed E-state index contributed by atoms with van der Waals surface area (Å²) in [6, 6.07) is 8.82. The molecular weight excluding hydrogens is 430 g/mol. The Morgan fingerprint density at radius 3 is 2.67 bits per heavy atom. The van der Waals surface area contributed by atoms with Gasteiger partial charge in [-0.3, -0.25) is 4.79 Å². The summed E-state index contributed by atoms with van der Waals surface area (Å²) in [5.74, 6) is -0.526. The topological polar surface area (TPSA) is 112 Å². The Morgan fingerprint density at radius 2 is 2.07 bits per heavy atom. The number of ether oxygens (including phenoxy) is 5. The number of methoxy groups -OCH3 is 1. The van der Waals surface area contributed by atoms with Crippen molar-refractivity contribution in [2.24, 2.45) is 5.11 Å². The highest BCUT2D eigenvalue weighted by Crippen LogP contribution is 2.34. The van der Waals surface area contributed by atoms with Gasteiger partial charge in [-0.05, 0) is 42.0 Å². The molecule has 9 nitrogen and oxygen atoms in total. The number of azide groups is 1. The average Bonchev–Trinajstić information content (AvgIpc) is 2.71. The number of thiocarbonyl (C=S) groups is 1. The SMILES string of the molecule is CCOC(=S)S[C@@H]1O[C@H](COCc2ccccc2)[C@H](OC)[C@H](OC(C)=O)[C@H]1N=[N+]=[N-]. The second kappa shape index (κ2) is 12.7. The number of carbonyl (C=O) groups excluding carboxylic acids is 1. The number of nitrogens with zero attached hydrogens (tertiary/aromatic N) is 3. The van der Waals surface area contributed by atoms with Crippen molar-refractivity contribution in [3.8, 4) is 0 Å². The van der Waals surface area contributed by atoms with Crippen LogP contribution in [0.4, 0.5) is 0 Å². The molecule has 0 aliphatic carbocycles. The van der Waals surface area contributed by atoms with Gasteiger partial charge in [0, 0.05) is 18.9 Å². The van der Waals surface area contributed by atoms with Gasteiger partial charge in [0.25, 0.3) is 0 Å². The van der Waals surface area contributed by atoms with Crippen molar-refractivity contribution < 1.29 is 28.5 Å². The van der Waals surface area contributed by atoms with E-state index in [0.29, 0.717) is 13.2 Å². The van der Waals surface area contributed by atoms with E-state index in [-0.39, 0.29) is 11.0 Å². The summed E-state index contributed by atoms with van der Waals surface area (Å²) in [5.41, 5.74) is 9.31. The fraction of sp³-hybridized carbons (Fsp3) is 0.579. The predicted molar refractivity (Wildman–Crippen MR) is 116 cm³/mol. The highest BCUT2D eigenvalue weighted by molar-refractivity contribution is 8.22. The lowest BCUT2D eigenvalue weighted by Gasteiger charge is -2.43. The molecule has 1 aliphatic heterocycles. The number of thioether (sulfide) groups is 1. The van der Waals surface area contributed by atoms with Crippen molar-refractivity contribution in [1.82, 2.24) is 0 Å². The monoisotopic (exact) mass is 455 g/mol. The number of hydrogen-bond donors (Lipinski definition) is 0. The molecule has 0 amide bonds. The fourth-order valence-corrected chi connectivity index (χ4v) is 4.36. The molecule has 30 heavy (non-hydrogen) atoms. The van der Waals surface area contributed by atoms with Gasteiger partial charge >= 0.3 is 5.97 Å². The van der Waals surface area contributed by atoms with Gasteiger partial charge in [-0.25, -0.2) is 0 Å². The lowest BCUT2D eigenvalue weighted by molar-refractivity contribution is -0.200. The molecule has 0 radical (unpaired) electrons. The van der Waals surface area contributed by atoms with Gasteiger partial charge in [0.2, 0.25) is 4.38 Å². The smallest absolute Gasteiger partial charge is 0.303 e. The Balaban J connectivity index is 2.19. The standard InChI is InChI=1S/C19H25N3O6S2/c1-4-26-19(29)30-18-15(21-22-20)17(27-12(2)23)16(24-3)14(28-18)11-25-10-13-8-6-5-7-9-13/h5-9,14-18H,4,10-11H2,1-3H3/t14-,15-,16+,17-,18+/m1/s1. The molecule has 164 valence electrons. The molecule has 5 atom stereocenters. The van der Waals surface area contributed by atoms with Gasteiger partial charge in [0.1, 0.15) is 29.8 Å². The maximum Gasteiger partial charge on any atom is 0.303 e. The molecule has 0 unspecified atom stereocenters. The van der Waals surface area contributed by atoms with E-state index in [1.807, 2.05) is 37.3 Å². The zero-order chi connectivity index (χ0) is 21.9. The first-order valence-corrected chi connectivity index (χ1v) is 10.6. The fourth-order valence-electron chi connectivity index (χ4n) is 3.03. The summed E-state index contributed by atoms with van der Waals surface area (Å²) in [7, 11) is 1.47. The highest BCUT2D eigenvalue weighted by atomic mass is 32.2. The molecule has 0 spiro atoms. The number of carbonyl (C=O) groups is 1. The second-order valence-corrected chi connectivity index (χ2v) is 8.01. The van der Waals surface area contributed by atoms with Crippen LogP contribution in [0, 0.1) is 0 Å². The number of rotatable bonds is 9. The van der Waals surface area contributed by atoms with Crippen LogP contribution in [0.25, 0.3) is 10.4 Å². The van der Waals surface area contributed by atoms with Crippen molar-refractivity contribution in [3.05, 3.63) is 46.3 Å². The van der Waals surface area contributed by atoms with E-state index in [2.05, 4.69) is 10.0 Å². The maximum atomic E-state index is 11.7. The minimum Gasteiger partial charge on any atom is -0.479 e. The molecule has 1 saturated heterocycles. The lowest BCUT2D eigenvalue weighted by Crippen LogP contribution is -2.59. The first kappa shape index (κ1) is 24.4. The van der Waals surface area contributed by atoms with Gasteiger partial charge in [-0.2, -0.15) is 0 Å². The Hall–Kier alpha value is -1.88. The normalized spacial score (nSPS) is 25.8. The Labute approximate surface area is 185 Å². The maximum absolute atomic E-state index is 11.7. The van der Waals surface area contributed by atoms with Gasteiger partial charge in [-0.15, -0.1) is 0 Å². The third-order valence-electron chi connectivity index (χ3n) is 4.24. The summed E-state index contributed by atoms with van der Waals surface area (Å²) in [6.07, 6.45) is -2.16. The second-order valence-electron chi connectivity index (χ2n) is 6.31. The number of benzene rings is 1. The molecule has 1 aromatic carbocycles. The van der Waals surface area contributed by atoms with Crippen molar-refractivity contribution >= 4 is 34.3 Å². The summed E-state index contributed by atoms with van der Waals surface area (Å²) >= 11 is 6.29. The van der Waals surface area contributed by atoms with Crippen molar-refractivity contribution in [2.75, 3.05) is 20.3 Å². The minimum absolute atomic E-state index is 0.173. The predicted octanol–water partition coefficient (Wildman–Crippen LogP) is 3.61. The van der Waals surface area contributed by atoms with Crippen LogP contribution in [0.2, 0.25) is 0 Å². The van der Waals surface area contributed by atoms with E-state index in [9.17, 15) is 4.79 Å². The summed E-state index contributed by atoms with van der Waals surface area (Å²) in [4.78, 5) is 14.6. The Morgan fingerprint density at radius 1 is 1.33 bits per heavy atom. The molecular formula is C19H25N3O6S2. The third-order valence-corrected chi connectivity index (χ3v) is 5.58. The zero-order valence-electron chi connectivity index (χ0n) is 17.0. The van der Waals surface area contributed by atoms with Crippen LogP contribution in [0.5, 0.6) is 0 Å². The molecule has 0 aromatic heterocycles.